The van der Waals surface area contributed by atoms with Crippen molar-refractivity contribution in [1.29, 1.82) is 0 Å². The second-order valence-electron chi connectivity index (χ2n) is 5.78. The molecule has 0 unspecified atom stereocenters. The van der Waals surface area contributed by atoms with E-state index in [1.165, 1.54) is 0 Å². The van der Waals surface area contributed by atoms with Crippen molar-refractivity contribution in [1.82, 2.24) is 15.1 Å². The van der Waals surface area contributed by atoms with Crippen molar-refractivity contribution < 1.29 is 19.1 Å². The van der Waals surface area contributed by atoms with Crippen LogP contribution < -0.4 is 5.32 Å². The van der Waals surface area contributed by atoms with Crippen LogP contribution in [0, 0.1) is 12.8 Å². The summed E-state index contributed by atoms with van der Waals surface area (Å²) in [5.41, 5.74) is 0.879. The molecule has 3 rings (SSSR count). The maximum Gasteiger partial charge on any atom is 0.226 e. The molecule has 1 fully saturated rings. The van der Waals surface area contributed by atoms with E-state index in [0.717, 1.165) is 11.5 Å². The summed E-state index contributed by atoms with van der Waals surface area (Å²) in [6.45, 7) is 2.46. The summed E-state index contributed by atoms with van der Waals surface area (Å²) < 4.78 is 12.8. The highest BCUT2D eigenvalue weighted by molar-refractivity contribution is 5.79. The zero-order valence-electron chi connectivity index (χ0n) is 13.2. The molecule has 2 aromatic rings. The molecule has 0 spiro atoms. The molecule has 124 valence electrons. The average Bonchev–Trinajstić information content (AvgIpc) is 3.24. The fourth-order valence-corrected chi connectivity index (χ4v) is 2.87. The first-order chi connectivity index (χ1) is 11.1. The molecule has 2 N–H and O–H groups in total. The monoisotopic (exact) mass is 319 g/mol. The van der Waals surface area contributed by atoms with Crippen LogP contribution in [0.25, 0.3) is 0 Å². The number of aliphatic hydroxyl groups excluding tert-OH is 1. The number of carbonyl (C=O) groups excluding carboxylic acids is 1. The summed E-state index contributed by atoms with van der Waals surface area (Å²) in [6.07, 6.45) is 1.18. The van der Waals surface area contributed by atoms with Crippen molar-refractivity contribution in [2.45, 2.75) is 25.6 Å². The first-order valence-electron chi connectivity index (χ1n) is 7.68. The molecule has 0 bridgehead atoms. The molecular formula is C16H21N3O4. The Balaban J connectivity index is 1.60. The van der Waals surface area contributed by atoms with Gasteiger partial charge in [0.25, 0.3) is 0 Å². The lowest BCUT2D eigenvalue weighted by atomic mass is 9.98. The zero-order valence-corrected chi connectivity index (χ0v) is 13.2. The van der Waals surface area contributed by atoms with Gasteiger partial charge in [-0.3, -0.25) is 9.48 Å². The molecule has 1 amide bonds. The second kappa shape index (κ2) is 6.55. The molecule has 0 radical (unpaired) electrons. The van der Waals surface area contributed by atoms with E-state index in [2.05, 4.69) is 10.4 Å². The third-order valence-corrected chi connectivity index (χ3v) is 4.14. The maximum absolute atomic E-state index is 12.4. The Morgan fingerprint density at radius 3 is 3.00 bits per heavy atom. The first-order valence-corrected chi connectivity index (χ1v) is 7.68. The Bertz CT molecular complexity index is 678. The van der Waals surface area contributed by atoms with Crippen LogP contribution in [0.4, 0.5) is 0 Å². The minimum absolute atomic E-state index is 0.112. The van der Waals surface area contributed by atoms with Gasteiger partial charge in [-0.2, -0.15) is 5.10 Å². The standard InChI is InChI=1S/C16H21N3O4/c1-10-3-4-14(23-10)13(20)9-17-16(21)11-6-8-22-15(11)12-5-7-18-19(12)2/h3-5,7,11,13,15,20H,6,8-9H2,1-2H3,(H,17,21)/t11-,13-,15-/m1/s1. The van der Waals surface area contributed by atoms with Crippen LogP contribution in [-0.4, -0.2) is 33.9 Å². The molecule has 1 aliphatic heterocycles. The molecule has 3 atom stereocenters. The highest BCUT2D eigenvalue weighted by atomic mass is 16.5. The Labute approximate surface area is 134 Å². The summed E-state index contributed by atoms with van der Waals surface area (Å²) in [4.78, 5) is 12.4. The molecule has 0 saturated carbocycles. The fraction of sp³-hybridized carbons (Fsp3) is 0.500. The van der Waals surface area contributed by atoms with Gasteiger partial charge in [-0.25, -0.2) is 0 Å². The molecule has 23 heavy (non-hydrogen) atoms. The SMILES string of the molecule is Cc1ccc([C@H](O)CNC(=O)[C@@H]2CCO[C@H]2c2ccnn2C)o1. The van der Waals surface area contributed by atoms with Gasteiger partial charge >= 0.3 is 0 Å². The van der Waals surface area contributed by atoms with Crippen molar-refractivity contribution in [2.75, 3.05) is 13.2 Å². The molecule has 0 aromatic carbocycles. The van der Waals surface area contributed by atoms with Crippen LogP contribution in [0.3, 0.4) is 0 Å². The van der Waals surface area contributed by atoms with Gasteiger partial charge in [0.1, 0.15) is 23.7 Å². The van der Waals surface area contributed by atoms with Gasteiger partial charge < -0.3 is 19.6 Å². The lowest BCUT2D eigenvalue weighted by Gasteiger charge is -2.19. The van der Waals surface area contributed by atoms with Crippen LogP contribution in [0.15, 0.2) is 28.8 Å². The molecular weight excluding hydrogens is 298 g/mol. The molecule has 1 aliphatic rings. The Morgan fingerprint density at radius 2 is 2.35 bits per heavy atom. The summed E-state index contributed by atoms with van der Waals surface area (Å²) in [7, 11) is 1.83. The van der Waals surface area contributed by atoms with Crippen LogP contribution in [0.2, 0.25) is 0 Å². The summed E-state index contributed by atoms with van der Waals surface area (Å²) in [5.74, 6) is 0.770. The highest BCUT2D eigenvalue weighted by Crippen LogP contribution is 2.34. The van der Waals surface area contributed by atoms with Crippen molar-refractivity contribution >= 4 is 5.91 Å². The quantitative estimate of drug-likeness (QED) is 0.866. The van der Waals surface area contributed by atoms with Gasteiger partial charge in [-0.1, -0.05) is 0 Å². The number of hydrogen-bond donors (Lipinski definition) is 2. The summed E-state index contributed by atoms with van der Waals surface area (Å²) in [5, 5.41) is 17.0. The zero-order chi connectivity index (χ0) is 16.4. The molecule has 7 nitrogen and oxygen atoms in total. The van der Waals surface area contributed by atoms with Gasteiger partial charge in [0.2, 0.25) is 5.91 Å². The molecule has 2 aromatic heterocycles. The van der Waals surface area contributed by atoms with Crippen molar-refractivity contribution in [2.24, 2.45) is 13.0 Å². The van der Waals surface area contributed by atoms with Crippen LogP contribution in [-0.2, 0) is 16.6 Å². The Hall–Kier alpha value is -2.12. The summed E-state index contributed by atoms with van der Waals surface area (Å²) >= 11 is 0. The lowest BCUT2D eigenvalue weighted by Crippen LogP contribution is -2.35. The van der Waals surface area contributed by atoms with Gasteiger partial charge in [0, 0.05) is 19.9 Å². The number of carbonyl (C=O) groups is 1. The van der Waals surface area contributed by atoms with E-state index in [-0.39, 0.29) is 24.5 Å². The number of rotatable bonds is 5. The normalized spacial score (nSPS) is 22.2. The number of nitrogens with zero attached hydrogens (tertiary/aromatic N) is 2. The number of ether oxygens (including phenoxy) is 1. The molecule has 0 aliphatic carbocycles. The van der Waals surface area contributed by atoms with E-state index in [1.54, 1.807) is 23.0 Å². The van der Waals surface area contributed by atoms with E-state index in [4.69, 9.17) is 9.15 Å². The average molecular weight is 319 g/mol. The van der Waals surface area contributed by atoms with E-state index in [9.17, 15) is 9.90 Å². The predicted molar refractivity (Wildman–Crippen MR) is 81.4 cm³/mol. The number of amides is 1. The topological polar surface area (TPSA) is 89.5 Å². The number of aromatic nitrogens is 2. The number of furan rings is 1. The van der Waals surface area contributed by atoms with E-state index >= 15 is 0 Å². The summed E-state index contributed by atoms with van der Waals surface area (Å²) in [6, 6.07) is 5.35. The maximum atomic E-state index is 12.4. The Kier molecular flexibility index (Phi) is 4.49. The smallest absolute Gasteiger partial charge is 0.226 e. The third-order valence-electron chi connectivity index (χ3n) is 4.14. The van der Waals surface area contributed by atoms with Crippen molar-refractivity contribution in [3.05, 3.63) is 41.6 Å². The predicted octanol–water partition coefficient (Wildman–Crippen LogP) is 1.25. The van der Waals surface area contributed by atoms with E-state index in [1.807, 2.05) is 20.0 Å². The van der Waals surface area contributed by atoms with Gasteiger partial charge in [0.15, 0.2) is 0 Å². The number of aliphatic hydroxyl groups is 1. The van der Waals surface area contributed by atoms with Gasteiger partial charge in [0.05, 0.1) is 18.2 Å². The minimum Gasteiger partial charge on any atom is -0.464 e. The van der Waals surface area contributed by atoms with E-state index in [0.29, 0.717) is 18.8 Å². The molecule has 3 heterocycles. The van der Waals surface area contributed by atoms with Gasteiger partial charge in [-0.15, -0.1) is 0 Å². The number of nitrogens with one attached hydrogen (secondary N) is 1. The minimum atomic E-state index is -0.856. The molecule has 7 heteroatoms. The largest absolute Gasteiger partial charge is 0.464 e. The van der Waals surface area contributed by atoms with Crippen molar-refractivity contribution in [3.63, 3.8) is 0 Å². The van der Waals surface area contributed by atoms with Crippen molar-refractivity contribution in [3.8, 4) is 0 Å². The van der Waals surface area contributed by atoms with Crippen LogP contribution in [0.1, 0.15) is 35.8 Å². The van der Waals surface area contributed by atoms with E-state index < -0.39 is 6.10 Å². The Morgan fingerprint density at radius 1 is 1.52 bits per heavy atom. The van der Waals surface area contributed by atoms with Gasteiger partial charge in [-0.05, 0) is 31.5 Å². The van der Waals surface area contributed by atoms with Crippen LogP contribution in [0.5, 0.6) is 0 Å². The number of aryl methyl sites for hydroxylation is 2. The number of hydrogen-bond acceptors (Lipinski definition) is 5. The third kappa shape index (κ3) is 3.30. The first kappa shape index (κ1) is 15.8. The second-order valence-corrected chi connectivity index (χ2v) is 5.78. The highest BCUT2D eigenvalue weighted by Gasteiger charge is 2.36. The van der Waals surface area contributed by atoms with Crippen LogP contribution >= 0.6 is 0 Å². The fourth-order valence-electron chi connectivity index (χ4n) is 2.87. The lowest BCUT2D eigenvalue weighted by molar-refractivity contribution is -0.127. The molecule has 1 saturated heterocycles.